The topological polar surface area (TPSA) is 95.3 Å². The number of piperazine rings is 1. The molecule has 0 spiro atoms. The molecule has 2 heterocycles. The molecule has 1 aromatic heterocycles. The molecule has 0 bridgehead atoms. The van der Waals surface area contributed by atoms with Crippen molar-refractivity contribution in [1.29, 1.82) is 0 Å². The van der Waals surface area contributed by atoms with Crippen LogP contribution in [0.25, 0.3) is 0 Å². The fourth-order valence-electron chi connectivity index (χ4n) is 2.63. The van der Waals surface area contributed by atoms with Crippen molar-refractivity contribution in [1.82, 2.24) is 19.4 Å². The largest absolute Gasteiger partial charge is 0.325 e. The van der Waals surface area contributed by atoms with Gasteiger partial charge in [0.05, 0.1) is 11.4 Å². The summed E-state index contributed by atoms with van der Waals surface area (Å²) in [6.45, 7) is 6.85. The molecular formula is C12H23N5O2S. The van der Waals surface area contributed by atoms with E-state index in [4.69, 9.17) is 5.73 Å². The van der Waals surface area contributed by atoms with Crippen molar-refractivity contribution >= 4 is 10.0 Å². The lowest BCUT2D eigenvalue weighted by Crippen LogP contribution is -2.56. The van der Waals surface area contributed by atoms with Gasteiger partial charge in [-0.05, 0) is 27.8 Å². The molecule has 114 valence electrons. The Labute approximate surface area is 120 Å². The molecule has 2 rings (SSSR count). The Hall–Kier alpha value is -0.960. The van der Waals surface area contributed by atoms with E-state index >= 15 is 0 Å². The summed E-state index contributed by atoms with van der Waals surface area (Å²) >= 11 is 0. The van der Waals surface area contributed by atoms with Crippen molar-refractivity contribution in [2.75, 3.05) is 20.1 Å². The van der Waals surface area contributed by atoms with Crippen LogP contribution in [-0.4, -0.2) is 60.0 Å². The van der Waals surface area contributed by atoms with Crippen LogP contribution in [0.2, 0.25) is 0 Å². The monoisotopic (exact) mass is 301 g/mol. The summed E-state index contributed by atoms with van der Waals surface area (Å²) in [6.07, 6.45) is 0. The standard InChI is InChI=1S/C12H23N5O2S/c1-8-6-17(7-9(2)16(8)4)20(18,19)12-10(3)14-15-11(12)5-13/h8-9H,5-7,13H2,1-4H3,(H,14,15). The lowest BCUT2D eigenvalue weighted by Gasteiger charge is -2.41. The lowest BCUT2D eigenvalue weighted by atomic mass is 10.1. The number of nitrogens with one attached hydrogen (secondary N) is 1. The maximum atomic E-state index is 12.8. The molecule has 0 aromatic carbocycles. The van der Waals surface area contributed by atoms with Crippen LogP contribution in [0, 0.1) is 6.92 Å². The average Bonchev–Trinajstić information content (AvgIpc) is 2.77. The molecule has 2 atom stereocenters. The van der Waals surface area contributed by atoms with Gasteiger partial charge in [0.2, 0.25) is 10.0 Å². The predicted molar refractivity (Wildman–Crippen MR) is 76.7 cm³/mol. The van der Waals surface area contributed by atoms with E-state index in [0.29, 0.717) is 24.5 Å². The molecule has 2 unspecified atom stereocenters. The first-order valence-electron chi connectivity index (χ1n) is 6.75. The van der Waals surface area contributed by atoms with Crippen LogP contribution in [0.3, 0.4) is 0 Å². The number of sulfonamides is 1. The smallest absolute Gasteiger partial charge is 0.246 e. The van der Waals surface area contributed by atoms with E-state index in [0.717, 1.165) is 0 Å². The van der Waals surface area contributed by atoms with Crippen LogP contribution in [0.15, 0.2) is 4.90 Å². The normalized spacial score (nSPS) is 26.1. The fraction of sp³-hybridized carbons (Fsp3) is 0.750. The molecule has 20 heavy (non-hydrogen) atoms. The number of H-pyrrole nitrogens is 1. The maximum Gasteiger partial charge on any atom is 0.246 e. The van der Waals surface area contributed by atoms with Crippen molar-refractivity contribution in [3.05, 3.63) is 11.4 Å². The Kier molecular flexibility index (Phi) is 4.19. The summed E-state index contributed by atoms with van der Waals surface area (Å²) in [7, 11) is -1.53. The summed E-state index contributed by atoms with van der Waals surface area (Å²) in [6, 6.07) is 0.365. The summed E-state index contributed by atoms with van der Waals surface area (Å²) < 4.78 is 27.2. The van der Waals surface area contributed by atoms with Crippen LogP contribution >= 0.6 is 0 Å². The number of nitrogens with two attached hydrogens (primary N) is 1. The van der Waals surface area contributed by atoms with Crippen LogP contribution in [0.5, 0.6) is 0 Å². The zero-order valence-electron chi connectivity index (χ0n) is 12.4. The summed E-state index contributed by atoms with van der Waals surface area (Å²) in [5.74, 6) is 0. The fourth-order valence-corrected chi connectivity index (χ4v) is 4.57. The summed E-state index contributed by atoms with van der Waals surface area (Å²) in [4.78, 5) is 2.43. The Balaban J connectivity index is 2.38. The molecule has 1 fully saturated rings. The van der Waals surface area contributed by atoms with Gasteiger partial charge >= 0.3 is 0 Å². The number of nitrogens with zero attached hydrogens (tertiary/aromatic N) is 3. The highest BCUT2D eigenvalue weighted by molar-refractivity contribution is 7.89. The van der Waals surface area contributed by atoms with E-state index in [2.05, 4.69) is 15.1 Å². The summed E-state index contributed by atoms with van der Waals surface area (Å²) in [5, 5.41) is 6.70. The second-order valence-corrected chi connectivity index (χ2v) is 7.39. The lowest BCUT2D eigenvalue weighted by molar-refractivity contribution is 0.105. The van der Waals surface area contributed by atoms with Crippen molar-refractivity contribution in [3.8, 4) is 0 Å². The van der Waals surface area contributed by atoms with Gasteiger partial charge < -0.3 is 5.73 Å². The molecule has 0 saturated carbocycles. The number of aromatic nitrogens is 2. The highest BCUT2D eigenvalue weighted by Gasteiger charge is 2.37. The minimum absolute atomic E-state index is 0.109. The molecule has 8 heteroatoms. The Morgan fingerprint density at radius 2 is 1.90 bits per heavy atom. The molecule has 1 aliphatic heterocycles. The van der Waals surface area contributed by atoms with Gasteiger partial charge in [-0.25, -0.2) is 8.42 Å². The van der Waals surface area contributed by atoms with Crippen molar-refractivity contribution in [2.24, 2.45) is 5.73 Å². The average molecular weight is 301 g/mol. The van der Waals surface area contributed by atoms with E-state index in [9.17, 15) is 8.42 Å². The molecule has 1 aromatic rings. The zero-order chi connectivity index (χ0) is 15.1. The molecule has 3 N–H and O–H groups in total. The van der Waals surface area contributed by atoms with Crippen molar-refractivity contribution < 1.29 is 8.42 Å². The first-order valence-corrected chi connectivity index (χ1v) is 8.19. The maximum absolute atomic E-state index is 12.8. The van der Waals surface area contributed by atoms with Gasteiger partial charge in [-0.3, -0.25) is 10.00 Å². The Morgan fingerprint density at radius 1 is 1.35 bits per heavy atom. The third kappa shape index (κ3) is 2.48. The van der Waals surface area contributed by atoms with Gasteiger partial charge in [-0.15, -0.1) is 0 Å². The zero-order valence-corrected chi connectivity index (χ0v) is 13.2. The second kappa shape index (κ2) is 5.44. The van der Waals surface area contributed by atoms with Gasteiger partial charge in [-0.1, -0.05) is 0 Å². The minimum atomic E-state index is -3.55. The van der Waals surface area contributed by atoms with E-state index < -0.39 is 10.0 Å². The number of likely N-dealkylation sites (N-methyl/N-ethyl adjacent to an activating group) is 1. The molecular weight excluding hydrogens is 278 g/mol. The minimum Gasteiger partial charge on any atom is -0.325 e. The van der Waals surface area contributed by atoms with Gasteiger partial charge in [0.1, 0.15) is 4.90 Å². The first-order chi connectivity index (χ1) is 9.28. The molecule has 0 aliphatic carbocycles. The van der Waals surface area contributed by atoms with E-state index in [1.165, 1.54) is 0 Å². The van der Waals surface area contributed by atoms with Crippen LogP contribution < -0.4 is 5.73 Å². The van der Waals surface area contributed by atoms with Crippen LogP contribution in [0.1, 0.15) is 25.2 Å². The second-order valence-electron chi connectivity index (χ2n) is 5.51. The summed E-state index contributed by atoms with van der Waals surface area (Å²) in [5.41, 5.74) is 6.54. The van der Waals surface area contributed by atoms with Gasteiger partial charge in [0.25, 0.3) is 0 Å². The Bertz CT molecular complexity index is 571. The van der Waals surface area contributed by atoms with Crippen LogP contribution in [-0.2, 0) is 16.6 Å². The number of aromatic amines is 1. The number of aryl methyl sites for hydroxylation is 1. The molecule has 0 radical (unpaired) electrons. The third-order valence-corrected chi connectivity index (χ3v) is 6.11. The quantitative estimate of drug-likeness (QED) is 0.812. The molecule has 1 saturated heterocycles. The number of hydrogen-bond acceptors (Lipinski definition) is 5. The van der Waals surface area contributed by atoms with Crippen molar-refractivity contribution in [2.45, 2.75) is 44.3 Å². The van der Waals surface area contributed by atoms with Crippen molar-refractivity contribution in [3.63, 3.8) is 0 Å². The third-order valence-electron chi connectivity index (χ3n) is 4.08. The molecule has 7 nitrogen and oxygen atoms in total. The van der Waals surface area contributed by atoms with E-state index in [1.807, 2.05) is 20.9 Å². The SMILES string of the molecule is Cc1[nH]nc(CN)c1S(=O)(=O)N1CC(C)N(C)C(C)C1. The van der Waals surface area contributed by atoms with Gasteiger partial charge in [0, 0.05) is 31.7 Å². The highest BCUT2D eigenvalue weighted by Crippen LogP contribution is 2.25. The van der Waals surface area contributed by atoms with Crippen LogP contribution in [0.4, 0.5) is 0 Å². The van der Waals surface area contributed by atoms with Gasteiger partial charge in [0.15, 0.2) is 0 Å². The Morgan fingerprint density at radius 3 is 2.40 bits per heavy atom. The molecule has 1 aliphatic rings. The van der Waals surface area contributed by atoms with Gasteiger partial charge in [-0.2, -0.15) is 9.40 Å². The van der Waals surface area contributed by atoms with E-state index in [1.54, 1.807) is 11.2 Å². The number of hydrogen-bond donors (Lipinski definition) is 2. The van der Waals surface area contributed by atoms with E-state index in [-0.39, 0.29) is 23.5 Å². The molecule has 0 amide bonds. The number of rotatable bonds is 3. The highest BCUT2D eigenvalue weighted by atomic mass is 32.2. The first kappa shape index (κ1) is 15.4. The predicted octanol–water partition coefficient (Wildman–Crippen LogP) is -0.110.